The molecular formula is C38H68O5Si2. The number of hydrogen-bond acceptors (Lipinski definition) is 5. The highest BCUT2D eigenvalue weighted by atomic mass is 28.4. The van der Waals surface area contributed by atoms with Crippen LogP contribution in [0.3, 0.4) is 0 Å². The molecule has 5 unspecified atom stereocenters. The van der Waals surface area contributed by atoms with E-state index in [2.05, 4.69) is 100 Å². The molecule has 0 aliphatic heterocycles. The summed E-state index contributed by atoms with van der Waals surface area (Å²) in [5.41, 5.74) is 4.26. The fraction of sp³-hybridized carbons (Fsp3) is 0.816. The van der Waals surface area contributed by atoms with Gasteiger partial charge < -0.3 is 18.3 Å². The lowest BCUT2D eigenvalue weighted by molar-refractivity contribution is -0.145. The first-order valence-corrected chi connectivity index (χ1v) is 23.7. The van der Waals surface area contributed by atoms with Crippen molar-refractivity contribution in [2.75, 3.05) is 13.2 Å². The van der Waals surface area contributed by atoms with Gasteiger partial charge in [0.05, 0.1) is 37.9 Å². The summed E-state index contributed by atoms with van der Waals surface area (Å²) in [5.74, 6) is 0.893. The van der Waals surface area contributed by atoms with Gasteiger partial charge in [-0.15, -0.1) is 0 Å². The average molecular weight is 661 g/mol. The predicted molar refractivity (Wildman–Crippen MR) is 194 cm³/mol. The number of carbonyl (C=O) groups excluding carboxylic acids is 1. The molecule has 0 amide bonds. The molecule has 3 saturated carbocycles. The maximum Gasteiger partial charge on any atom is 0.308 e. The molecule has 0 radical (unpaired) electrons. The van der Waals surface area contributed by atoms with Gasteiger partial charge in [0.15, 0.2) is 16.6 Å². The number of rotatable bonds is 11. The highest BCUT2D eigenvalue weighted by Gasteiger charge is 2.51. The number of allylic oxidation sites excluding steroid dienone is 3. The molecule has 0 spiro atoms. The number of esters is 1. The van der Waals surface area contributed by atoms with Crippen molar-refractivity contribution in [3.8, 4) is 0 Å². The average Bonchev–Trinajstić information content (AvgIpc) is 3.25. The molecule has 0 aromatic carbocycles. The van der Waals surface area contributed by atoms with Crippen LogP contribution in [0.5, 0.6) is 0 Å². The summed E-state index contributed by atoms with van der Waals surface area (Å²) in [5, 5.41) is 0.298. The Morgan fingerprint density at radius 2 is 1.64 bits per heavy atom. The van der Waals surface area contributed by atoms with Gasteiger partial charge in [-0.05, 0) is 117 Å². The van der Waals surface area contributed by atoms with Crippen molar-refractivity contribution in [3.63, 3.8) is 0 Å². The number of carbonyl (C=O) groups is 1. The van der Waals surface area contributed by atoms with Gasteiger partial charge in [0, 0.05) is 6.42 Å². The zero-order valence-electron chi connectivity index (χ0n) is 31.4. The zero-order valence-corrected chi connectivity index (χ0v) is 33.4. The third-order valence-corrected chi connectivity index (χ3v) is 21.4. The van der Waals surface area contributed by atoms with E-state index in [9.17, 15) is 4.79 Å². The summed E-state index contributed by atoms with van der Waals surface area (Å²) in [7, 11) is -3.94. The van der Waals surface area contributed by atoms with E-state index in [0.29, 0.717) is 31.5 Å². The molecule has 0 N–H and O–H groups in total. The minimum absolute atomic E-state index is 0.000788. The maximum absolute atomic E-state index is 11.8. The van der Waals surface area contributed by atoms with Crippen LogP contribution in [0.1, 0.15) is 114 Å². The second-order valence-electron chi connectivity index (χ2n) is 17.5. The Kier molecular flexibility index (Phi) is 12.5. The van der Waals surface area contributed by atoms with Crippen molar-refractivity contribution in [2.45, 2.75) is 168 Å². The van der Waals surface area contributed by atoms with E-state index >= 15 is 0 Å². The van der Waals surface area contributed by atoms with Crippen molar-refractivity contribution in [1.82, 2.24) is 0 Å². The second-order valence-corrected chi connectivity index (χ2v) is 27.0. The van der Waals surface area contributed by atoms with Crippen LogP contribution in [0.15, 0.2) is 35.5 Å². The molecule has 0 bridgehead atoms. The predicted octanol–water partition coefficient (Wildman–Crippen LogP) is 10.5. The standard InChI is InChI=1S/C38H68O5Si2/c1-15-40-35(39)22-24-41-28(3)32-20-21-33-29(17-16-23-38(32,33)10)18-19-30-25-31(42-44(11,12)36(4,5)6)26-34(27(30)2)43-45(13,14)37(7,8)9/h18-19,28,31-34H,2,15-17,20-26H2,1,3-14H3/t28?,31?,32?,33?,34?,38-/m1/s1. The fourth-order valence-corrected chi connectivity index (χ4v) is 10.2. The van der Waals surface area contributed by atoms with Crippen molar-refractivity contribution >= 4 is 22.6 Å². The highest BCUT2D eigenvalue weighted by Crippen LogP contribution is 2.58. The van der Waals surface area contributed by atoms with Crippen molar-refractivity contribution in [1.29, 1.82) is 0 Å². The molecule has 5 nitrogen and oxygen atoms in total. The first kappa shape index (κ1) is 38.5. The molecule has 0 aromatic rings. The molecule has 3 aliphatic rings. The molecule has 6 atom stereocenters. The van der Waals surface area contributed by atoms with Crippen LogP contribution in [0, 0.1) is 17.3 Å². The Morgan fingerprint density at radius 1 is 1.02 bits per heavy atom. The molecule has 3 rings (SSSR count). The lowest BCUT2D eigenvalue weighted by Gasteiger charge is -2.45. The van der Waals surface area contributed by atoms with Crippen LogP contribution in [0.2, 0.25) is 36.3 Å². The van der Waals surface area contributed by atoms with E-state index in [0.717, 1.165) is 24.8 Å². The Hall–Kier alpha value is -0.996. The molecule has 3 aliphatic carbocycles. The minimum Gasteiger partial charge on any atom is -0.466 e. The van der Waals surface area contributed by atoms with Gasteiger partial charge in [-0.25, -0.2) is 0 Å². The SMILES string of the molecule is C=C1C(=CC=C2CCC[C@@]3(C)C2CCC3C(C)OCCC(=O)OCC)CC(O[Si](C)(C)C(C)(C)C)CC1O[Si](C)(C)C(C)(C)C. The molecule has 45 heavy (non-hydrogen) atoms. The summed E-state index contributed by atoms with van der Waals surface area (Å²) < 4.78 is 25.5. The van der Waals surface area contributed by atoms with Gasteiger partial charge in [-0.2, -0.15) is 0 Å². The number of ether oxygens (including phenoxy) is 2. The van der Waals surface area contributed by atoms with Crippen LogP contribution in [-0.4, -0.2) is 54.1 Å². The van der Waals surface area contributed by atoms with Crippen molar-refractivity contribution in [2.24, 2.45) is 17.3 Å². The molecular weight excluding hydrogens is 593 g/mol. The summed E-state index contributed by atoms with van der Waals surface area (Å²) in [6, 6.07) is 0. The quantitative estimate of drug-likeness (QED) is 0.163. The molecule has 3 fully saturated rings. The normalized spacial score (nSPS) is 30.9. The topological polar surface area (TPSA) is 54.0 Å². The number of fused-ring (bicyclic) bond motifs is 1. The van der Waals surface area contributed by atoms with Gasteiger partial charge in [-0.3, -0.25) is 4.79 Å². The van der Waals surface area contributed by atoms with E-state index in [1.165, 1.54) is 31.3 Å². The van der Waals surface area contributed by atoms with Gasteiger partial charge in [0.25, 0.3) is 0 Å². The Bertz CT molecular complexity index is 1110. The second kappa shape index (κ2) is 14.6. The molecule has 258 valence electrons. The van der Waals surface area contributed by atoms with Crippen LogP contribution in [0.25, 0.3) is 0 Å². The van der Waals surface area contributed by atoms with Gasteiger partial charge in [-0.1, -0.05) is 72.8 Å². The monoisotopic (exact) mass is 660 g/mol. The summed E-state index contributed by atoms with van der Waals surface area (Å²) in [4.78, 5) is 11.8. The first-order chi connectivity index (χ1) is 20.6. The molecule has 7 heteroatoms. The van der Waals surface area contributed by atoms with Crippen molar-refractivity contribution in [3.05, 3.63) is 35.5 Å². The minimum atomic E-state index is -2.00. The summed E-state index contributed by atoms with van der Waals surface area (Å²) in [6.07, 6.45) is 13.2. The van der Waals surface area contributed by atoms with Gasteiger partial charge in [0.1, 0.15) is 0 Å². The van der Waals surface area contributed by atoms with Crippen LogP contribution in [0.4, 0.5) is 0 Å². The van der Waals surface area contributed by atoms with Crippen LogP contribution < -0.4 is 0 Å². The fourth-order valence-electron chi connectivity index (χ4n) is 7.49. The zero-order chi connectivity index (χ0) is 34.0. The van der Waals surface area contributed by atoms with E-state index in [-0.39, 0.29) is 39.8 Å². The molecule has 0 saturated heterocycles. The molecule has 0 aromatic heterocycles. The van der Waals surface area contributed by atoms with Gasteiger partial charge in [0.2, 0.25) is 0 Å². The highest BCUT2D eigenvalue weighted by molar-refractivity contribution is 6.74. The largest absolute Gasteiger partial charge is 0.466 e. The lowest BCUT2D eigenvalue weighted by atomic mass is 9.62. The van der Waals surface area contributed by atoms with Crippen LogP contribution in [-0.2, 0) is 23.1 Å². The Labute approximate surface area is 279 Å². The third kappa shape index (κ3) is 9.13. The van der Waals surface area contributed by atoms with Crippen LogP contribution >= 0.6 is 0 Å². The Morgan fingerprint density at radius 3 is 2.24 bits per heavy atom. The Balaban J connectivity index is 1.84. The summed E-state index contributed by atoms with van der Waals surface area (Å²) >= 11 is 0. The molecule has 0 heterocycles. The third-order valence-electron chi connectivity index (χ3n) is 12.3. The van der Waals surface area contributed by atoms with E-state index in [1.807, 2.05) is 6.92 Å². The number of hydrogen-bond donors (Lipinski definition) is 0. The van der Waals surface area contributed by atoms with Crippen molar-refractivity contribution < 1.29 is 23.1 Å². The smallest absolute Gasteiger partial charge is 0.308 e. The first-order valence-electron chi connectivity index (χ1n) is 17.8. The maximum atomic E-state index is 11.8. The van der Waals surface area contributed by atoms with E-state index < -0.39 is 16.6 Å². The van der Waals surface area contributed by atoms with E-state index in [1.54, 1.807) is 5.57 Å². The summed E-state index contributed by atoms with van der Waals surface area (Å²) in [6.45, 7) is 35.4. The van der Waals surface area contributed by atoms with E-state index in [4.69, 9.17) is 18.3 Å². The van der Waals surface area contributed by atoms with Gasteiger partial charge >= 0.3 is 5.97 Å². The lowest BCUT2D eigenvalue weighted by Crippen LogP contribution is -2.49.